The highest BCUT2D eigenvalue weighted by atomic mass is 16.5. The van der Waals surface area contributed by atoms with Crippen molar-refractivity contribution >= 4 is 11.0 Å². The minimum absolute atomic E-state index is 0.164. The monoisotopic (exact) mass is 330 g/mol. The second-order valence-corrected chi connectivity index (χ2v) is 5.93. The van der Waals surface area contributed by atoms with E-state index in [0.717, 1.165) is 12.8 Å². The van der Waals surface area contributed by atoms with Crippen molar-refractivity contribution < 1.29 is 19.4 Å². The van der Waals surface area contributed by atoms with Gasteiger partial charge in [0.25, 0.3) is 0 Å². The zero-order valence-electron chi connectivity index (χ0n) is 14.1. The van der Waals surface area contributed by atoms with Crippen molar-refractivity contribution in [1.29, 1.82) is 0 Å². The molecule has 0 aliphatic rings. The van der Waals surface area contributed by atoms with Gasteiger partial charge in [-0.1, -0.05) is 17.2 Å². The molecule has 0 saturated carbocycles. The fourth-order valence-corrected chi connectivity index (χ4v) is 2.22. The van der Waals surface area contributed by atoms with Gasteiger partial charge in [0.1, 0.15) is 17.9 Å². The third-order valence-electron chi connectivity index (χ3n) is 3.60. The van der Waals surface area contributed by atoms with Crippen molar-refractivity contribution in [1.82, 2.24) is 0 Å². The van der Waals surface area contributed by atoms with Crippen LogP contribution in [0.3, 0.4) is 0 Å². The first kappa shape index (κ1) is 17.7. The lowest BCUT2D eigenvalue weighted by molar-refractivity contribution is 0.359. The summed E-state index contributed by atoms with van der Waals surface area (Å²) in [5.41, 5.74) is 1.73. The molecule has 0 saturated heterocycles. The summed E-state index contributed by atoms with van der Waals surface area (Å²) < 4.78 is 10.6. The van der Waals surface area contributed by atoms with E-state index in [-0.39, 0.29) is 11.0 Å². The van der Waals surface area contributed by atoms with Crippen molar-refractivity contribution in [3.8, 4) is 17.2 Å². The highest BCUT2D eigenvalue weighted by Crippen LogP contribution is 2.32. The predicted octanol–water partition coefficient (Wildman–Crippen LogP) is 4.28. The van der Waals surface area contributed by atoms with E-state index in [0.29, 0.717) is 12.4 Å². The maximum Gasteiger partial charge on any atom is 0.382 e. The van der Waals surface area contributed by atoms with Crippen molar-refractivity contribution in [2.45, 2.75) is 33.6 Å². The molecule has 0 bridgehead atoms. The first-order valence-corrected chi connectivity index (χ1v) is 7.79. The van der Waals surface area contributed by atoms with Crippen LogP contribution in [0.1, 0.15) is 33.6 Å². The van der Waals surface area contributed by atoms with Gasteiger partial charge in [-0.05, 0) is 51.8 Å². The number of rotatable bonds is 6. The predicted molar refractivity (Wildman–Crippen MR) is 93.7 cm³/mol. The van der Waals surface area contributed by atoms with Crippen LogP contribution >= 0.6 is 0 Å². The second-order valence-electron chi connectivity index (χ2n) is 5.93. The van der Waals surface area contributed by atoms with E-state index in [1.54, 1.807) is 6.07 Å². The largest absolute Gasteiger partial charge is 0.504 e. The SMILES string of the molecule is CC(C)=CCC/C(C)=C/COc1ccc2c(O)c(O)c(=O)oc2c1. The van der Waals surface area contributed by atoms with Gasteiger partial charge in [0.05, 0.1) is 5.39 Å². The lowest BCUT2D eigenvalue weighted by Crippen LogP contribution is -1.99. The Kier molecular flexibility index (Phi) is 5.68. The van der Waals surface area contributed by atoms with Crippen LogP contribution in [0.2, 0.25) is 0 Å². The molecule has 2 N–H and O–H groups in total. The fourth-order valence-electron chi connectivity index (χ4n) is 2.22. The highest BCUT2D eigenvalue weighted by molar-refractivity contribution is 5.86. The average molecular weight is 330 g/mol. The summed E-state index contributed by atoms with van der Waals surface area (Å²) in [6.45, 7) is 6.62. The second kappa shape index (κ2) is 7.73. The fraction of sp³-hybridized carbons (Fsp3) is 0.316. The van der Waals surface area contributed by atoms with E-state index in [4.69, 9.17) is 9.15 Å². The molecule has 0 atom stereocenters. The first-order chi connectivity index (χ1) is 11.4. The van der Waals surface area contributed by atoms with Gasteiger partial charge in [0.15, 0.2) is 5.75 Å². The first-order valence-electron chi connectivity index (χ1n) is 7.79. The van der Waals surface area contributed by atoms with Crippen LogP contribution in [0.4, 0.5) is 0 Å². The van der Waals surface area contributed by atoms with E-state index in [1.165, 1.54) is 23.3 Å². The summed E-state index contributed by atoms with van der Waals surface area (Å²) in [5.74, 6) is -0.752. The Hall–Kier alpha value is -2.69. The molecule has 0 aliphatic carbocycles. The molecule has 5 nitrogen and oxygen atoms in total. The third-order valence-corrected chi connectivity index (χ3v) is 3.60. The van der Waals surface area contributed by atoms with Gasteiger partial charge in [-0.2, -0.15) is 0 Å². The van der Waals surface area contributed by atoms with E-state index < -0.39 is 17.1 Å². The summed E-state index contributed by atoms with van der Waals surface area (Å²) in [5, 5.41) is 19.4. The summed E-state index contributed by atoms with van der Waals surface area (Å²) >= 11 is 0. The van der Waals surface area contributed by atoms with Gasteiger partial charge in [-0.25, -0.2) is 4.79 Å². The number of benzene rings is 1. The topological polar surface area (TPSA) is 79.9 Å². The number of hydrogen-bond donors (Lipinski definition) is 2. The van der Waals surface area contributed by atoms with Gasteiger partial charge in [-0.15, -0.1) is 0 Å². The molecule has 2 rings (SSSR count). The standard InChI is InChI=1S/C19H22O5/c1-12(2)5-4-6-13(3)9-10-23-14-7-8-15-16(11-14)24-19(22)18(21)17(15)20/h5,7-9,11,20-21H,4,6,10H2,1-3H3/b13-9+. The smallest absolute Gasteiger partial charge is 0.382 e. The van der Waals surface area contributed by atoms with Gasteiger partial charge in [0, 0.05) is 6.07 Å². The van der Waals surface area contributed by atoms with Crippen LogP contribution in [0.5, 0.6) is 17.2 Å². The zero-order chi connectivity index (χ0) is 17.7. The zero-order valence-corrected chi connectivity index (χ0v) is 14.1. The van der Waals surface area contributed by atoms with Gasteiger partial charge >= 0.3 is 5.63 Å². The highest BCUT2D eigenvalue weighted by Gasteiger charge is 2.13. The van der Waals surface area contributed by atoms with E-state index in [1.807, 2.05) is 6.08 Å². The Morgan fingerprint density at radius 2 is 1.92 bits per heavy atom. The number of aromatic hydroxyl groups is 2. The Morgan fingerprint density at radius 3 is 2.62 bits per heavy atom. The molecular formula is C19H22O5. The molecule has 0 fully saturated rings. The normalized spacial score (nSPS) is 11.5. The Bertz CT molecular complexity index is 839. The molecule has 1 aromatic heterocycles. The molecule has 0 spiro atoms. The van der Waals surface area contributed by atoms with Crippen LogP contribution in [0.25, 0.3) is 11.0 Å². The van der Waals surface area contributed by atoms with E-state index >= 15 is 0 Å². The molecule has 5 heteroatoms. The molecule has 0 radical (unpaired) electrons. The minimum atomic E-state index is -0.979. The molecule has 24 heavy (non-hydrogen) atoms. The Labute approximate surface area is 140 Å². The van der Waals surface area contributed by atoms with Crippen molar-refractivity contribution in [2.24, 2.45) is 0 Å². The Balaban J connectivity index is 2.04. The molecule has 1 aromatic carbocycles. The van der Waals surface area contributed by atoms with Crippen molar-refractivity contribution in [3.63, 3.8) is 0 Å². The Morgan fingerprint density at radius 1 is 1.17 bits per heavy atom. The van der Waals surface area contributed by atoms with Crippen molar-refractivity contribution in [2.75, 3.05) is 6.61 Å². The molecule has 128 valence electrons. The van der Waals surface area contributed by atoms with Gasteiger partial charge in [-0.3, -0.25) is 0 Å². The minimum Gasteiger partial charge on any atom is -0.504 e. The van der Waals surface area contributed by atoms with Crippen LogP contribution in [-0.2, 0) is 0 Å². The van der Waals surface area contributed by atoms with Gasteiger partial charge in [0.2, 0.25) is 5.75 Å². The van der Waals surface area contributed by atoms with Crippen LogP contribution < -0.4 is 10.4 Å². The van der Waals surface area contributed by atoms with Crippen LogP contribution in [-0.4, -0.2) is 16.8 Å². The molecule has 1 heterocycles. The van der Waals surface area contributed by atoms with E-state index in [2.05, 4.69) is 26.8 Å². The van der Waals surface area contributed by atoms with Gasteiger partial charge < -0.3 is 19.4 Å². The average Bonchev–Trinajstić information content (AvgIpc) is 2.52. The maximum atomic E-state index is 11.4. The molecule has 0 unspecified atom stereocenters. The summed E-state index contributed by atoms with van der Waals surface area (Å²) in [6, 6.07) is 4.70. The quantitative estimate of drug-likeness (QED) is 0.610. The van der Waals surface area contributed by atoms with Crippen molar-refractivity contribution in [3.05, 3.63) is 51.9 Å². The maximum absolute atomic E-state index is 11.4. The van der Waals surface area contributed by atoms with Crippen LogP contribution in [0, 0.1) is 0 Å². The summed E-state index contributed by atoms with van der Waals surface area (Å²) in [6.07, 6.45) is 6.20. The number of hydrogen-bond acceptors (Lipinski definition) is 5. The number of fused-ring (bicyclic) bond motifs is 1. The lowest BCUT2D eigenvalue weighted by atomic mass is 10.1. The van der Waals surface area contributed by atoms with E-state index in [9.17, 15) is 15.0 Å². The summed E-state index contributed by atoms with van der Waals surface area (Å²) in [4.78, 5) is 11.4. The molecular weight excluding hydrogens is 308 g/mol. The molecule has 0 amide bonds. The summed E-state index contributed by atoms with van der Waals surface area (Å²) in [7, 11) is 0. The molecule has 0 aliphatic heterocycles. The number of allylic oxidation sites excluding steroid dienone is 3. The number of ether oxygens (including phenoxy) is 1. The lowest BCUT2D eigenvalue weighted by Gasteiger charge is -2.06. The molecule has 2 aromatic rings. The third kappa shape index (κ3) is 4.41. The van der Waals surface area contributed by atoms with Crippen LogP contribution in [0.15, 0.2) is 50.7 Å².